The molecule has 0 amide bonds. The molecule has 0 radical (unpaired) electrons. The Balaban J connectivity index is 1.79. The molecule has 3 heterocycles. The van der Waals surface area contributed by atoms with Crippen LogP contribution in [-0.2, 0) is 10.3 Å². The van der Waals surface area contributed by atoms with Gasteiger partial charge in [-0.3, -0.25) is 5.01 Å². The number of furan rings is 1. The van der Waals surface area contributed by atoms with Gasteiger partial charge < -0.3 is 9.52 Å². The highest BCUT2D eigenvalue weighted by atomic mass is 79.9. The lowest BCUT2D eigenvalue weighted by Gasteiger charge is -2.42. The van der Waals surface area contributed by atoms with Crippen LogP contribution in [0.5, 0.6) is 0 Å². The first-order chi connectivity index (χ1) is 17.4. The molecule has 0 saturated carbocycles. The van der Waals surface area contributed by atoms with Crippen LogP contribution in [0.1, 0.15) is 45.8 Å². The quantitative estimate of drug-likeness (QED) is 0.215. The third-order valence-electron chi connectivity index (χ3n) is 7.33. The Bertz CT molecular complexity index is 1340. The number of unbranched alkanes of at least 4 members (excludes halogenated alkanes) is 1. The molecule has 36 heavy (non-hydrogen) atoms. The fraction of sp³-hybridized carbons (Fsp3) is 0.385. The third kappa shape index (κ3) is 3.46. The Morgan fingerprint density at radius 1 is 1.19 bits per heavy atom. The van der Waals surface area contributed by atoms with E-state index in [0.717, 1.165) is 35.9 Å². The number of H-pyrrole nitrogens is 1. The van der Waals surface area contributed by atoms with Gasteiger partial charge in [-0.05, 0) is 41.1 Å². The Morgan fingerprint density at radius 2 is 1.94 bits per heavy atom. The van der Waals surface area contributed by atoms with Gasteiger partial charge in [0, 0.05) is 23.4 Å². The van der Waals surface area contributed by atoms with Crippen molar-refractivity contribution in [3.05, 3.63) is 60.4 Å². The molecule has 5 rings (SSSR count). The molecule has 3 unspecified atom stereocenters. The number of tetrazole rings is 1. The average molecular weight is 553 g/mol. The minimum absolute atomic E-state index is 0.407. The van der Waals surface area contributed by atoms with Crippen LogP contribution in [0.3, 0.4) is 0 Å². The van der Waals surface area contributed by atoms with Gasteiger partial charge >= 0.3 is 5.97 Å². The summed E-state index contributed by atoms with van der Waals surface area (Å²) in [4.78, 5) is 13.4. The van der Waals surface area contributed by atoms with Crippen molar-refractivity contribution in [2.75, 3.05) is 11.6 Å². The van der Waals surface area contributed by atoms with Gasteiger partial charge in [-0.25, -0.2) is 9.89 Å². The van der Waals surface area contributed by atoms with Crippen LogP contribution in [0, 0.1) is 5.92 Å². The first-order valence-electron chi connectivity index (χ1n) is 12.2. The van der Waals surface area contributed by atoms with E-state index in [2.05, 4.69) is 48.5 Å². The number of carboxylic acid groups (broad SMARTS) is 1. The predicted molar refractivity (Wildman–Crippen MR) is 140 cm³/mol. The number of fused-ring (bicyclic) bond motifs is 1. The zero-order valence-electron chi connectivity index (χ0n) is 20.5. The normalized spacial score (nSPS) is 24.6. The van der Waals surface area contributed by atoms with Gasteiger partial charge in [-0.1, -0.05) is 79.9 Å². The number of aromatic amines is 1. The summed E-state index contributed by atoms with van der Waals surface area (Å²) in [5.74, 6) is -0.448. The first kappa shape index (κ1) is 24.5. The summed E-state index contributed by atoms with van der Waals surface area (Å²) >= 11 is 4.10. The summed E-state index contributed by atoms with van der Waals surface area (Å²) in [6.45, 7) is 6.52. The van der Waals surface area contributed by atoms with E-state index in [0.29, 0.717) is 23.7 Å². The minimum atomic E-state index is -1.46. The molecular weight excluding hydrogens is 524 g/mol. The van der Waals surface area contributed by atoms with Gasteiger partial charge in [-0.2, -0.15) is 5.01 Å². The number of nitrogens with zero attached hydrogens (tertiary/aromatic N) is 5. The number of hydrogen-bond acceptors (Lipinski definition) is 7. The third-order valence-corrected chi connectivity index (χ3v) is 8.75. The van der Waals surface area contributed by atoms with Crippen LogP contribution in [-0.4, -0.2) is 47.7 Å². The molecule has 4 aromatic rings. The lowest BCUT2D eigenvalue weighted by molar-refractivity contribution is -0.154. The number of rotatable bonds is 8. The largest absolute Gasteiger partial charge is 0.479 e. The highest BCUT2D eigenvalue weighted by molar-refractivity contribution is 9.10. The van der Waals surface area contributed by atoms with Crippen molar-refractivity contribution in [3.63, 3.8) is 0 Å². The highest BCUT2D eigenvalue weighted by Crippen LogP contribution is 2.59. The molecular formula is C26H29BrN6O3. The Morgan fingerprint density at radius 3 is 2.61 bits per heavy atom. The molecule has 1 aliphatic heterocycles. The molecule has 9 nitrogen and oxygen atoms in total. The van der Waals surface area contributed by atoms with E-state index >= 15 is 0 Å². The van der Waals surface area contributed by atoms with E-state index < -0.39 is 21.9 Å². The van der Waals surface area contributed by atoms with Gasteiger partial charge in [0.15, 0.2) is 5.82 Å². The van der Waals surface area contributed by atoms with Crippen molar-refractivity contribution in [1.29, 1.82) is 0 Å². The van der Waals surface area contributed by atoms with E-state index in [9.17, 15) is 9.90 Å². The SMILES string of the molecule is CCCCC1(Br)C(C)C(C(=O)O)(c2cc3ccccc3o2)N(CC)N1c1ccccc1-c1nnn[nH]1. The van der Waals surface area contributed by atoms with Crippen molar-refractivity contribution in [1.82, 2.24) is 25.6 Å². The predicted octanol–water partition coefficient (Wildman–Crippen LogP) is 5.57. The summed E-state index contributed by atoms with van der Waals surface area (Å²) < 4.78 is 5.57. The Labute approximate surface area is 217 Å². The second-order valence-corrected chi connectivity index (χ2v) is 10.5. The number of nitrogens with one attached hydrogen (secondary N) is 1. The number of hydrazine groups is 1. The maximum atomic E-state index is 13.4. The molecule has 3 atom stereocenters. The first-order valence-corrected chi connectivity index (χ1v) is 13.0. The molecule has 188 valence electrons. The van der Waals surface area contributed by atoms with Crippen molar-refractivity contribution < 1.29 is 14.3 Å². The Kier molecular flexibility index (Phi) is 6.34. The summed E-state index contributed by atoms with van der Waals surface area (Å²) in [5, 5.41) is 30.4. The molecule has 1 aliphatic rings. The Hall–Kier alpha value is -3.24. The van der Waals surface area contributed by atoms with Crippen molar-refractivity contribution >= 4 is 38.6 Å². The van der Waals surface area contributed by atoms with Crippen LogP contribution >= 0.6 is 15.9 Å². The molecule has 0 spiro atoms. The van der Waals surface area contributed by atoms with E-state index in [-0.39, 0.29) is 0 Å². The number of halogens is 1. The van der Waals surface area contributed by atoms with Gasteiger partial charge in [0.1, 0.15) is 15.8 Å². The second kappa shape index (κ2) is 9.33. The molecule has 2 aromatic carbocycles. The number of aromatic nitrogens is 4. The number of hydrogen-bond donors (Lipinski definition) is 2. The van der Waals surface area contributed by atoms with E-state index in [1.165, 1.54) is 0 Å². The zero-order valence-corrected chi connectivity index (χ0v) is 22.1. The fourth-order valence-corrected chi connectivity index (χ4v) is 6.59. The maximum Gasteiger partial charge on any atom is 0.334 e. The lowest BCUT2D eigenvalue weighted by atomic mass is 9.78. The number of alkyl halides is 1. The summed E-state index contributed by atoms with van der Waals surface area (Å²) in [6, 6.07) is 17.3. The molecule has 0 bridgehead atoms. The number of carbonyl (C=O) groups is 1. The number of carboxylic acids is 1. The van der Waals surface area contributed by atoms with Crippen LogP contribution in [0.15, 0.2) is 59.0 Å². The van der Waals surface area contributed by atoms with E-state index in [4.69, 9.17) is 4.42 Å². The summed E-state index contributed by atoms with van der Waals surface area (Å²) in [5.41, 5.74) is 0.783. The van der Waals surface area contributed by atoms with Crippen LogP contribution < -0.4 is 5.01 Å². The maximum absolute atomic E-state index is 13.4. The smallest absolute Gasteiger partial charge is 0.334 e. The van der Waals surface area contributed by atoms with Crippen molar-refractivity contribution in [3.8, 4) is 11.4 Å². The number of aliphatic carboxylic acids is 1. The standard InChI is InChI=1S/C26H29BrN6O3/c1-4-6-15-25(27)17(3)26(24(34)35,22-16-18-11-7-10-14-21(18)36-22)32(5-2)33(25)20-13-9-8-12-19(20)23-28-30-31-29-23/h7-14,16-17H,4-6,15H2,1-3H3,(H,34,35)(H,28,29,30,31). The number of para-hydroxylation sites is 2. The van der Waals surface area contributed by atoms with Crippen LogP contribution in [0.25, 0.3) is 22.4 Å². The van der Waals surface area contributed by atoms with Crippen LogP contribution in [0.2, 0.25) is 0 Å². The average Bonchev–Trinajstić information content (AvgIpc) is 3.60. The monoisotopic (exact) mass is 552 g/mol. The van der Waals surface area contributed by atoms with E-state index in [1.54, 1.807) is 0 Å². The zero-order chi connectivity index (χ0) is 25.5. The van der Waals surface area contributed by atoms with Crippen molar-refractivity contribution in [2.45, 2.75) is 50.0 Å². The van der Waals surface area contributed by atoms with Gasteiger partial charge in [0.05, 0.1) is 5.69 Å². The topological polar surface area (TPSA) is 111 Å². The van der Waals surface area contributed by atoms with Gasteiger partial charge in [-0.15, -0.1) is 5.10 Å². The molecule has 10 heteroatoms. The van der Waals surface area contributed by atoms with E-state index in [1.807, 2.05) is 73.5 Å². The molecule has 0 aliphatic carbocycles. The van der Waals surface area contributed by atoms with Gasteiger partial charge in [0.2, 0.25) is 5.54 Å². The fourth-order valence-electron chi connectivity index (χ4n) is 5.60. The van der Waals surface area contributed by atoms with Crippen molar-refractivity contribution in [2.24, 2.45) is 5.92 Å². The lowest BCUT2D eigenvalue weighted by Crippen LogP contribution is -2.55. The molecule has 2 N–H and O–H groups in total. The van der Waals surface area contributed by atoms with Gasteiger partial charge in [0.25, 0.3) is 0 Å². The molecule has 1 fully saturated rings. The van der Waals surface area contributed by atoms with Crippen LogP contribution in [0.4, 0.5) is 5.69 Å². The number of anilines is 1. The second-order valence-electron chi connectivity index (χ2n) is 9.16. The summed E-state index contributed by atoms with van der Waals surface area (Å²) in [7, 11) is 0. The number of benzene rings is 2. The number of likely N-dealkylation sites (N-methyl/N-ethyl adjacent to an activating group) is 1. The molecule has 1 saturated heterocycles. The summed E-state index contributed by atoms with van der Waals surface area (Å²) in [6.07, 6.45) is 2.60. The minimum Gasteiger partial charge on any atom is -0.479 e. The molecule has 2 aromatic heterocycles. The highest BCUT2D eigenvalue weighted by Gasteiger charge is 2.69.